The monoisotopic (exact) mass is 342 g/mol. The van der Waals surface area contributed by atoms with E-state index >= 15 is 0 Å². The normalized spacial score (nSPS) is 19.6. The maximum Gasteiger partial charge on any atom is 0.416 e. The molecule has 0 fully saturated rings. The number of ether oxygens (including phenoxy) is 1. The molecule has 1 unspecified atom stereocenters. The van der Waals surface area contributed by atoms with Crippen LogP contribution >= 0.6 is 0 Å². The van der Waals surface area contributed by atoms with Gasteiger partial charge in [-0.2, -0.15) is 13.2 Å². The lowest BCUT2D eigenvalue weighted by atomic mass is 9.87. The molecule has 1 heterocycles. The van der Waals surface area contributed by atoms with Crippen LogP contribution in [0.4, 0.5) is 18.9 Å². The number of aliphatic imine (C=N–C) groups is 1. The molecule has 0 spiro atoms. The molecule has 0 bridgehead atoms. The van der Waals surface area contributed by atoms with Gasteiger partial charge in [-0.25, -0.2) is 0 Å². The third-order valence-corrected chi connectivity index (χ3v) is 4.44. The summed E-state index contributed by atoms with van der Waals surface area (Å²) in [6, 6.07) is 5.25. The fourth-order valence-electron chi connectivity index (χ4n) is 2.61. The van der Waals surface area contributed by atoms with E-state index in [4.69, 9.17) is 9.73 Å². The molecule has 1 aliphatic heterocycles. The van der Waals surface area contributed by atoms with Gasteiger partial charge in [0.25, 0.3) is 0 Å². The maximum atomic E-state index is 12.8. The standard InChI is InChI=1S/C18H25F3N2O/c1-16(2,3)14-11-23(15(22-14)17(4,5)24-6)13-9-7-12(8-10-13)18(19,20)21/h7-10,14H,11H2,1-6H3. The Bertz CT molecular complexity index is 613. The molecule has 0 N–H and O–H groups in total. The second kappa shape index (κ2) is 6.06. The molecular weight excluding hydrogens is 317 g/mol. The molecule has 6 heteroatoms. The fraction of sp³-hybridized carbons (Fsp3) is 0.611. The van der Waals surface area contributed by atoms with Crippen molar-refractivity contribution >= 4 is 11.5 Å². The number of hydrogen-bond donors (Lipinski definition) is 0. The SMILES string of the molecule is COC(C)(C)C1=NC(C(C)(C)C)CN1c1ccc(C(F)(F)F)cc1. The second-order valence-electron chi connectivity index (χ2n) is 7.70. The smallest absolute Gasteiger partial charge is 0.371 e. The van der Waals surface area contributed by atoms with Gasteiger partial charge in [0.2, 0.25) is 0 Å². The van der Waals surface area contributed by atoms with Crippen LogP contribution in [0.1, 0.15) is 40.2 Å². The lowest BCUT2D eigenvalue weighted by Crippen LogP contribution is -2.44. The van der Waals surface area contributed by atoms with E-state index in [2.05, 4.69) is 20.8 Å². The summed E-state index contributed by atoms with van der Waals surface area (Å²) in [5, 5.41) is 0. The predicted molar refractivity (Wildman–Crippen MR) is 90.6 cm³/mol. The van der Waals surface area contributed by atoms with Gasteiger partial charge < -0.3 is 9.64 Å². The van der Waals surface area contributed by atoms with Crippen LogP contribution in [-0.4, -0.2) is 31.1 Å². The number of nitrogens with zero attached hydrogens (tertiary/aromatic N) is 2. The molecule has 3 nitrogen and oxygen atoms in total. The Balaban J connectivity index is 2.39. The number of hydrogen-bond acceptors (Lipinski definition) is 3. The van der Waals surface area contributed by atoms with Crippen molar-refractivity contribution in [1.82, 2.24) is 0 Å². The molecular formula is C18H25F3N2O. The summed E-state index contributed by atoms with van der Waals surface area (Å²) in [5.74, 6) is 0.740. The van der Waals surface area contributed by atoms with E-state index in [1.54, 1.807) is 7.11 Å². The third kappa shape index (κ3) is 3.74. The van der Waals surface area contributed by atoms with Gasteiger partial charge in [0.15, 0.2) is 0 Å². The number of rotatable bonds is 3. The molecule has 1 aromatic rings. The second-order valence-corrected chi connectivity index (χ2v) is 7.70. The molecule has 134 valence electrons. The molecule has 0 aliphatic carbocycles. The van der Waals surface area contributed by atoms with Crippen LogP contribution in [0.5, 0.6) is 0 Å². The summed E-state index contributed by atoms with van der Waals surface area (Å²) in [5.41, 5.74) is -0.626. The van der Waals surface area contributed by atoms with Crippen molar-refractivity contribution in [2.24, 2.45) is 10.4 Å². The molecule has 2 rings (SSSR count). The number of methoxy groups -OCH3 is 1. The van der Waals surface area contributed by atoms with E-state index in [0.717, 1.165) is 18.0 Å². The number of benzene rings is 1. The molecule has 1 atom stereocenters. The topological polar surface area (TPSA) is 24.8 Å². The highest BCUT2D eigenvalue weighted by atomic mass is 19.4. The Morgan fingerprint density at radius 1 is 1.04 bits per heavy atom. The molecule has 0 saturated heterocycles. The first-order valence-electron chi connectivity index (χ1n) is 7.94. The van der Waals surface area contributed by atoms with E-state index < -0.39 is 17.3 Å². The van der Waals surface area contributed by atoms with Crippen molar-refractivity contribution < 1.29 is 17.9 Å². The first kappa shape index (κ1) is 18.8. The van der Waals surface area contributed by atoms with Crippen LogP contribution in [0.2, 0.25) is 0 Å². The Morgan fingerprint density at radius 3 is 2.00 bits per heavy atom. The van der Waals surface area contributed by atoms with Crippen molar-refractivity contribution in [3.63, 3.8) is 0 Å². The average molecular weight is 342 g/mol. The third-order valence-electron chi connectivity index (χ3n) is 4.44. The van der Waals surface area contributed by atoms with Crippen LogP contribution in [0, 0.1) is 5.41 Å². The summed E-state index contributed by atoms with van der Waals surface area (Å²) in [7, 11) is 1.61. The Labute approximate surface area is 141 Å². The van der Waals surface area contributed by atoms with Gasteiger partial charge in [0.1, 0.15) is 11.4 Å². The fourth-order valence-corrected chi connectivity index (χ4v) is 2.61. The van der Waals surface area contributed by atoms with Gasteiger partial charge in [-0.3, -0.25) is 4.99 Å². The van der Waals surface area contributed by atoms with Gasteiger partial charge in [-0.1, -0.05) is 20.8 Å². The Morgan fingerprint density at radius 2 is 1.58 bits per heavy atom. The van der Waals surface area contributed by atoms with Gasteiger partial charge in [0.05, 0.1) is 11.6 Å². The Kier molecular flexibility index (Phi) is 4.74. The van der Waals surface area contributed by atoms with E-state index in [1.807, 2.05) is 18.7 Å². The van der Waals surface area contributed by atoms with Gasteiger partial charge >= 0.3 is 6.18 Å². The van der Waals surface area contributed by atoms with Crippen molar-refractivity contribution in [1.29, 1.82) is 0 Å². The highest BCUT2D eigenvalue weighted by Gasteiger charge is 2.40. The van der Waals surface area contributed by atoms with Crippen LogP contribution in [0.3, 0.4) is 0 Å². The molecule has 0 aromatic heterocycles. The number of alkyl halides is 3. The average Bonchev–Trinajstić information content (AvgIpc) is 2.92. The van der Waals surface area contributed by atoms with Crippen LogP contribution in [-0.2, 0) is 10.9 Å². The molecule has 0 saturated carbocycles. The van der Waals surface area contributed by atoms with E-state index in [1.165, 1.54) is 12.1 Å². The predicted octanol–water partition coefficient (Wildman–Crippen LogP) is 4.76. The van der Waals surface area contributed by atoms with Crippen LogP contribution in [0.15, 0.2) is 29.3 Å². The van der Waals surface area contributed by atoms with Crippen molar-refractivity contribution in [3.05, 3.63) is 29.8 Å². The molecule has 1 aromatic carbocycles. The molecule has 1 aliphatic rings. The summed E-state index contributed by atoms with van der Waals surface area (Å²) in [6.45, 7) is 10.8. The molecule has 0 amide bonds. The lowest BCUT2D eigenvalue weighted by molar-refractivity contribution is -0.137. The van der Waals surface area contributed by atoms with Gasteiger partial charge in [0, 0.05) is 19.3 Å². The summed E-state index contributed by atoms with van der Waals surface area (Å²) < 4.78 is 43.9. The van der Waals surface area contributed by atoms with Crippen molar-refractivity contribution in [2.45, 2.75) is 52.4 Å². The first-order chi connectivity index (χ1) is 10.9. The zero-order valence-corrected chi connectivity index (χ0v) is 15.0. The van der Waals surface area contributed by atoms with Gasteiger partial charge in [-0.15, -0.1) is 0 Å². The molecule has 24 heavy (non-hydrogen) atoms. The zero-order valence-electron chi connectivity index (χ0n) is 15.0. The first-order valence-corrected chi connectivity index (χ1v) is 7.94. The van der Waals surface area contributed by atoms with Crippen LogP contribution < -0.4 is 4.90 Å². The quantitative estimate of drug-likeness (QED) is 0.791. The summed E-state index contributed by atoms with van der Waals surface area (Å²) in [6.07, 6.45) is -4.33. The largest absolute Gasteiger partial charge is 0.416 e. The number of halogens is 3. The number of amidine groups is 1. The Hall–Kier alpha value is -1.56. The van der Waals surface area contributed by atoms with Gasteiger partial charge in [-0.05, 0) is 43.5 Å². The highest BCUT2D eigenvalue weighted by Crippen LogP contribution is 2.35. The van der Waals surface area contributed by atoms with Crippen LogP contribution in [0.25, 0.3) is 0 Å². The molecule has 0 radical (unpaired) electrons. The minimum absolute atomic E-state index is 0.0456. The maximum absolute atomic E-state index is 12.8. The van der Waals surface area contributed by atoms with E-state index in [0.29, 0.717) is 12.2 Å². The van der Waals surface area contributed by atoms with E-state index in [9.17, 15) is 13.2 Å². The highest BCUT2D eigenvalue weighted by molar-refractivity contribution is 6.05. The summed E-state index contributed by atoms with van der Waals surface area (Å²) >= 11 is 0. The summed E-state index contributed by atoms with van der Waals surface area (Å²) in [4.78, 5) is 6.78. The zero-order chi connectivity index (χ0) is 18.3. The number of anilines is 1. The minimum atomic E-state index is -4.33. The van der Waals surface area contributed by atoms with E-state index in [-0.39, 0.29) is 11.5 Å². The minimum Gasteiger partial charge on any atom is -0.371 e. The van der Waals surface area contributed by atoms with Crippen molar-refractivity contribution in [2.75, 3.05) is 18.6 Å². The van der Waals surface area contributed by atoms with Crippen molar-refractivity contribution in [3.8, 4) is 0 Å². The lowest BCUT2D eigenvalue weighted by Gasteiger charge is -2.31.